The number of aromatic nitrogens is 2. The summed E-state index contributed by atoms with van der Waals surface area (Å²) in [5.41, 5.74) is -1.01. The lowest BCUT2D eigenvalue weighted by atomic mass is 10.5. The molecule has 1 rings (SSSR count). The second-order valence-electron chi connectivity index (χ2n) is 2.34. The van der Waals surface area contributed by atoms with E-state index >= 15 is 0 Å². The average molecular weight is 193 g/mol. The van der Waals surface area contributed by atoms with Crippen molar-refractivity contribution in [2.75, 3.05) is 0 Å². The summed E-state index contributed by atoms with van der Waals surface area (Å²) in [6.07, 6.45) is -2.83. The van der Waals surface area contributed by atoms with E-state index in [0.29, 0.717) is 0 Å². The summed E-state index contributed by atoms with van der Waals surface area (Å²) in [6.45, 7) is 0. The third-order valence-corrected chi connectivity index (χ3v) is 1.38. The Labute approximate surface area is 71.3 Å². The molecular formula is C6H6F3N3O. The van der Waals surface area contributed by atoms with Gasteiger partial charge in [0.1, 0.15) is 6.21 Å². The Balaban J connectivity index is 3.09. The fourth-order valence-electron chi connectivity index (χ4n) is 0.789. The van der Waals surface area contributed by atoms with E-state index in [2.05, 4.69) is 10.1 Å². The molecule has 1 aromatic rings. The largest absolute Gasteiger partial charge is 0.434 e. The number of imidazole rings is 1. The monoisotopic (exact) mass is 193 g/mol. The molecule has 0 aromatic carbocycles. The summed E-state index contributed by atoms with van der Waals surface area (Å²) < 4.78 is 37.2. The second kappa shape index (κ2) is 3.08. The summed E-state index contributed by atoms with van der Waals surface area (Å²) in [5.74, 6) is -0.0603. The zero-order valence-electron chi connectivity index (χ0n) is 6.58. The minimum Gasteiger partial charge on any atom is -0.411 e. The van der Waals surface area contributed by atoms with Crippen molar-refractivity contribution in [2.24, 2.45) is 12.2 Å². The molecule has 0 saturated carbocycles. The third kappa shape index (κ3) is 1.98. The molecule has 0 aliphatic heterocycles. The highest BCUT2D eigenvalue weighted by atomic mass is 19.4. The second-order valence-corrected chi connectivity index (χ2v) is 2.34. The number of hydrogen-bond donors (Lipinski definition) is 1. The lowest BCUT2D eigenvalue weighted by Gasteiger charge is -1.98. The Kier molecular flexibility index (Phi) is 2.26. The van der Waals surface area contributed by atoms with Gasteiger partial charge < -0.3 is 9.77 Å². The van der Waals surface area contributed by atoms with Gasteiger partial charge in [-0.3, -0.25) is 0 Å². The summed E-state index contributed by atoms with van der Waals surface area (Å²) in [6, 6.07) is 0. The van der Waals surface area contributed by atoms with Crippen molar-refractivity contribution in [2.45, 2.75) is 6.18 Å². The maximum atomic E-state index is 12.0. The average Bonchev–Trinajstić information content (AvgIpc) is 2.32. The van der Waals surface area contributed by atoms with Crippen LogP contribution in [0.15, 0.2) is 11.4 Å². The smallest absolute Gasteiger partial charge is 0.411 e. The number of nitrogens with zero attached hydrogens (tertiary/aromatic N) is 3. The molecule has 0 aliphatic carbocycles. The highest BCUT2D eigenvalue weighted by Gasteiger charge is 2.34. The van der Waals surface area contributed by atoms with Gasteiger partial charge in [-0.2, -0.15) is 13.2 Å². The quantitative estimate of drug-likeness (QED) is 0.414. The molecule has 0 aliphatic rings. The van der Waals surface area contributed by atoms with Gasteiger partial charge in [-0.25, -0.2) is 4.98 Å². The van der Waals surface area contributed by atoms with Gasteiger partial charge >= 0.3 is 6.18 Å². The predicted octanol–water partition coefficient (Wildman–Crippen LogP) is 1.25. The first-order valence-corrected chi connectivity index (χ1v) is 3.23. The van der Waals surface area contributed by atoms with Crippen LogP contribution in [0.1, 0.15) is 11.5 Å². The van der Waals surface area contributed by atoms with Crippen LogP contribution in [-0.4, -0.2) is 21.0 Å². The van der Waals surface area contributed by atoms with Gasteiger partial charge in [0.15, 0.2) is 11.5 Å². The Hall–Kier alpha value is -1.53. The van der Waals surface area contributed by atoms with Crippen molar-refractivity contribution < 1.29 is 18.4 Å². The molecule has 0 amide bonds. The summed E-state index contributed by atoms with van der Waals surface area (Å²) in [4.78, 5) is 3.20. The van der Waals surface area contributed by atoms with Gasteiger partial charge in [0, 0.05) is 13.2 Å². The SMILES string of the molecule is Cn1cc(C(F)(F)F)nc1C=NO. The highest BCUT2D eigenvalue weighted by molar-refractivity contribution is 5.74. The first-order valence-electron chi connectivity index (χ1n) is 3.23. The van der Waals surface area contributed by atoms with Crippen LogP contribution < -0.4 is 0 Å². The predicted molar refractivity (Wildman–Crippen MR) is 37.6 cm³/mol. The zero-order chi connectivity index (χ0) is 10.1. The Morgan fingerprint density at radius 1 is 1.62 bits per heavy atom. The standard InChI is InChI=1S/C6H6F3N3O/c1-12-3-4(6(7,8)9)11-5(12)2-10-13/h2-3,13H,1H3. The molecule has 0 radical (unpaired) electrons. The molecule has 0 bridgehead atoms. The van der Waals surface area contributed by atoms with Crippen LogP contribution in [0, 0.1) is 0 Å². The summed E-state index contributed by atoms with van der Waals surface area (Å²) >= 11 is 0. The zero-order valence-corrected chi connectivity index (χ0v) is 6.58. The van der Waals surface area contributed by atoms with Crippen molar-refractivity contribution in [1.82, 2.24) is 9.55 Å². The number of rotatable bonds is 1. The molecule has 0 saturated heterocycles. The van der Waals surface area contributed by atoms with Gasteiger partial charge in [0.05, 0.1) is 0 Å². The number of halogens is 3. The van der Waals surface area contributed by atoms with Crippen LogP contribution in [0.4, 0.5) is 13.2 Å². The molecule has 4 nitrogen and oxygen atoms in total. The summed E-state index contributed by atoms with van der Waals surface area (Å²) in [5, 5.41) is 10.7. The van der Waals surface area contributed by atoms with Crippen molar-refractivity contribution in [3.63, 3.8) is 0 Å². The van der Waals surface area contributed by atoms with Crippen molar-refractivity contribution >= 4 is 6.21 Å². The maximum absolute atomic E-state index is 12.0. The van der Waals surface area contributed by atoms with Gasteiger partial charge in [-0.1, -0.05) is 5.16 Å². The number of alkyl halides is 3. The van der Waals surface area contributed by atoms with E-state index in [4.69, 9.17) is 5.21 Å². The molecule has 7 heteroatoms. The minimum absolute atomic E-state index is 0.0603. The van der Waals surface area contributed by atoms with Gasteiger partial charge in [0.25, 0.3) is 0 Å². The third-order valence-electron chi connectivity index (χ3n) is 1.38. The molecule has 72 valence electrons. The molecule has 1 heterocycles. The molecule has 0 atom stereocenters. The number of aryl methyl sites for hydroxylation is 1. The number of oxime groups is 1. The lowest BCUT2D eigenvalue weighted by molar-refractivity contribution is -0.140. The molecule has 0 unspecified atom stereocenters. The molecule has 1 aromatic heterocycles. The molecular weight excluding hydrogens is 187 g/mol. The van der Waals surface area contributed by atoms with E-state index in [1.54, 1.807) is 0 Å². The van der Waals surface area contributed by atoms with Crippen LogP contribution in [0.25, 0.3) is 0 Å². The normalized spacial score (nSPS) is 12.6. The van der Waals surface area contributed by atoms with Gasteiger partial charge in [-0.05, 0) is 0 Å². The van der Waals surface area contributed by atoms with Crippen LogP contribution in [-0.2, 0) is 13.2 Å². The van der Waals surface area contributed by atoms with Crippen LogP contribution in [0.2, 0.25) is 0 Å². The van der Waals surface area contributed by atoms with E-state index in [1.807, 2.05) is 0 Å². The van der Waals surface area contributed by atoms with Crippen molar-refractivity contribution in [3.8, 4) is 0 Å². The first-order chi connectivity index (χ1) is 5.95. The topological polar surface area (TPSA) is 50.4 Å². The molecule has 13 heavy (non-hydrogen) atoms. The van der Waals surface area contributed by atoms with E-state index in [0.717, 1.165) is 17.0 Å². The van der Waals surface area contributed by atoms with Crippen LogP contribution >= 0.6 is 0 Å². The maximum Gasteiger partial charge on any atom is 0.434 e. The minimum atomic E-state index is -4.47. The molecule has 0 fully saturated rings. The van der Waals surface area contributed by atoms with Gasteiger partial charge in [0.2, 0.25) is 0 Å². The Morgan fingerprint density at radius 3 is 2.62 bits per heavy atom. The summed E-state index contributed by atoms with van der Waals surface area (Å²) in [7, 11) is 1.37. The van der Waals surface area contributed by atoms with E-state index < -0.39 is 11.9 Å². The molecule has 1 N–H and O–H groups in total. The fourth-order valence-corrected chi connectivity index (χ4v) is 0.789. The Morgan fingerprint density at radius 2 is 2.23 bits per heavy atom. The number of hydrogen-bond acceptors (Lipinski definition) is 3. The highest BCUT2D eigenvalue weighted by Crippen LogP contribution is 2.27. The van der Waals surface area contributed by atoms with Crippen molar-refractivity contribution in [3.05, 3.63) is 17.7 Å². The fraction of sp³-hybridized carbons (Fsp3) is 0.333. The van der Waals surface area contributed by atoms with Crippen LogP contribution in [0.3, 0.4) is 0 Å². The van der Waals surface area contributed by atoms with E-state index in [9.17, 15) is 13.2 Å². The van der Waals surface area contributed by atoms with Crippen LogP contribution in [0.5, 0.6) is 0 Å². The lowest BCUT2D eigenvalue weighted by Crippen LogP contribution is -2.05. The van der Waals surface area contributed by atoms with E-state index in [1.165, 1.54) is 7.05 Å². The van der Waals surface area contributed by atoms with Crippen molar-refractivity contribution in [1.29, 1.82) is 0 Å². The van der Waals surface area contributed by atoms with E-state index in [-0.39, 0.29) is 5.82 Å². The Bertz CT molecular complexity index is 328. The first kappa shape index (κ1) is 9.56. The van der Waals surface area contributed by atoms with Gasteiger partial charge in [-0.15, -0.1) is 0 Å². The molecule has 0 spiro atoms.